The Labute approximate surface area is 158 Å². The zero-order chi connectivity index (χ0) is 18.8. The van der Waals surface area contributed by atoms with E-state index in [2.05, 4.69) is 11.4 Å². The van der Waals surface area contributed by atoms with Crippen LogP contribution in [0.25, 0.3) is 10.8 Å². The van der Waals surface area contributed by atoms with E-state index < -0.39 is 0 Å². The summed E-state index contributed by atoms with van der Waals surface area (Å²) in [5, 5.41) is 4.83. The second kappa shape index (κ2) is 7.23. The standard InChI is InChI=1S/C23H22N2O2/c1-24-22(26)18-8-6-16(7-9-18)15-25(21-12-13-21)23(27)20-11-10-17-4-2-3-5-19(17)14-20/h2-11,14,21H,12-13,15H2,1H3,(H,24,26). The van der Waals surface area contributed by atoms with Gasteiger partial charge in [-0.3, -0.25) is 9.59 Å². The molecule has 0 heterocycles. The van der Waals surface area contributed by atoms with Crippen LogP contribution >= 0.6 is 0 Å². The summed E-state index contributed by atoms with van der Waals surface area (Å²) in [6, 6.07) is 21.7. The van der Waals surface area contributed by atoms with Gasteiger partial charge in [0.15, 0.2) is 0 Å². The first-order valence-corrected chi connectivity index (χ1v) is 9.26. The highest BCUT2D eigenvalue weighted by atomic mass is 16.2. The fourth-order valence-corrected chi connectivity index (χ4v) is 3.34. The smallest absolute Gasteiger partial charge is 0.254 e. The minimum Gasteiger partial charge on any atom is -0.355 e. The summed E-state index contributed by atoms with van der Waals surface area (Å²) in [6.07, 6.45) is 2.10. The van der Waals surface area contributed by atoms with Crippen LogP contribution in [0, 0.1) is 0 Å². The average Bonchev–Trinajstić information content (AvgIpc) is 3.56. The third-order valence-corrected chi connectivity index (χ3v) is 5.04. The molecule has 0 radical (unpaired) electrons. The number of carbonyl (C=O) groups is 2. The zero-order valence-electron chi connectivity index (χ0n) is 15.3. The zero-order valence-corrected chi connectivity index (χ0v) is 15.3. The van der Waals surface area contributed by atoms with E-state index >= 15 is 0 Å². The van der Waals surface area contributed by atoms with Crippen molar-refractivity contribution in [3.63, 3.8) is 0 Å². The van der Waals surface area contributed by atoms with Gasteiger partial charge >= 0.3 is 0 Å². The fraction of sp³-hybridized carbons (Fsp3) is 0.217. The summed E-state index contributed by atoms with van der Waals surface area (Å²) in [6.45, 7) is 0.560. The molecule has 0 bridgehead atoms. The van der Waals surface area contributed by atoms with Gasteiger partial charge in [-0.1, -0.05) is 42.5 Å². The fourth-order valence-electron chi connectivity index (χ4n) is 3.34. The molecule has 4 rings (SSSR count). The van der Waals surface area contributed by atoms with E-state index in [9.17, 15) is 9.59 Å². The first-order valence-electron chi connectivity index (χ1n) is 9.26. The van der Waals surface area contributed by atoms with Crippen LogP contribution in [0.5, 0.6) is 0 Å². The number of amides is 2. The van der Waals surface area contributed by atoms with Crippen LogP contribution in [-0.2, 0) is 6.54 Å². The van der Waals surface area contributed by atoms with Crippen LogP contribution in [0.1, 0.15) is 39.1 Å². The first kappa shape index (κ1) is 17.3. The molecule has 1 fully saturated rings. The van der Waals surface area contributed by atoms with Crippen molar-refractivity contribution in [2.75, 3.05) is 7.05 Å². The van der Waals surface area contributed by atoms with Crippen molar-refractivity contribution in [1.82, 2.24) is 10.2 Å². The average molecular weight is 358 g/mol. The maximum atomic E-state index is 13.2. The molecule has 0 spiro atoms. The Morgan fingerprint density at radius 3 is 2.26 bits per heavy atom. The Hall–Kier alpha value is -3.14. The minimum atomic E-state index is -0.104. The van der Waals surface area contributed by atoms with Crippen molar-refractivity contribution in [2.24, 2.45) is 0 Å². The number of rotatable bonds is 5. The number of fused-ring (bicyclic) bond motifs is 1. The van der Waals surface area contributed by atoms with Crippen molar-refractivity contribution < 1.29 is 9.59 Å². The quantitative estimate of drug-likeness (QED) is 0.749. The van der Waals surface area contributed by atoms with Crippen LogP contribution in [0.2, 0.25) is 0 Å². The lowest BCUT2D eigenvalue weighted by molar-refractivity contribution is 0.0729. The van der Waals surface area contributed by atoms with Crippen LogP contribution in [0.4, 0.5) is 0 Å². The van der Waals surface area contributed by atoms with Gasteiger partial charge in [0.1, 0.15) is 0 Å². The second-order valence-electron chi connectivity index (χ2n) is 7.00. The summed E-state index contributed by atoms with van der Waals surface area (Å²) >= 11 is 0. The van der Waals surface area contributed by atoms with Crippen molar-refractivity contribution >= 4 is 22.6 Å². The number of benzene rings is 3. The van der Waals surface area contributed by atoms with Gasteiger partial charge in [-0.25, -0.2) is 0 Å². The number of hydrogen-bond acceptors (Lipinski definition) is 2. The first-order chi connectivity index (χ1) is 13.2. The SMILES string of the molecule is CNC(=O)c1ccc(CN(C(=O)c2ccc3ccccc3c2)C2CC2)cc1. The van der Waals surface area contributed by atoms with Crippen LogP contribution in [0.15, 0.2) is 66.7 Å². The van der Waals surface area contributed by atoms with Crippen molar-refractivity contribution in [3.8, 4) is 0 Å². The van der Waals surface area contributed by atoms with Gasteiger partial charge in [0, 0.05) is 30.8 Å². The van der Waals surface area contributed by atoms with Gasteiger partial charge in [-0.15, -0.1) is 0 Å². The Balaban J connectivity index is 1.56. The molecule has 1 saturated carbocycles. The molecule has 4 heteroatoms. The van der Waals surface area contributed by atoms with Gasteiger partial charge in [-0.05, 0) is 53.4 Å². The molecular weight excluding hydrogens is 336 g/mol. The highest BCUT2D eigenvalue weighted by Crippen LogP contribution is 2.30. The highest BCUT2D eigenvalue weighted by molar-refractivity contribution is 5.99. The van der Waals surface area contributed by atoms with Gasteiger partial charge in [0.2, 0.25) is 0 Å². The van der Waals surface area contributed by atoms with E-state index in [-0.39, 0.29) is 11.8 Å². The second-order valence-corrected chi connectivity index (χ2v) is 7.00. The molecule has 0 saturated heterocycles. The molecule has 4 nitrogen and oxygen atoms in total. The number of carbonyl (C=O) groups excluding carboxylic acids is 2. The third kappa shape index (κ3) is 3.70. The maximum Gasteiger partial charge on any atom is 0.254 e. The third-order valence-electron chi connectivity index (χ3n) is 5.04. The summed E-state index contributed by atoms with van der Waals surface area (Å²) in [5.41, 5.74) is 2.38. The van der Waals surface area contributed by atoms with E-state index in [0.29, 0.717) is 18.2 Å². The lowest BCUT2D eigenvalue weighted by Gasteiger charge is -2.23. The van der Waals surface area contributed by atoms with Crippen LogP contribution in [0.3, 0.4) is 0 Å². The molecule has 27 heavy (non-hydrogen) atoms. The Kier molecular flexibility index (Phi) is 4.63. The normalized spacial score (nSPS) is 13.4. The summed E-state index contributed by atoms with van der Waals surface area (Å²) in [7, 11) is 1.62. The van der Waals surface area contributed by atoms with Gasteiger partial charge in [-0.2, -0.15) is 0 Å². The van der Waals surface area contributed by atoms with Gasteiger partial charge < -0.3 is 10.2 Å². The minimum absolute atomic E-state index is 0.0682. The van der Waals surface area contributed by atoms with E-state index in [1.54, 1.807) is 19.2 Å². The van der Waals surface area contributed by atoms with E-state index in [4.69, 9.17) is 0 Å². The number of nitrogens with zero attached hydrogens (tertiary/aromatic N) is 1. The maximum absolute atomic E-state index is 13.2. The predicted molar refractivity (Wildman–Crippen MR) is 107 cm³/mol. The number of hydrogen-bond donors (Lipinski definition) is 1. The Bertz CT molecular complexity index is 991. The Morgan fingerprint density at radius 2 is 1.59 bits per heavy atom. The summed E-state index contributed by atoms with van der Waals surface area (Å²) in [4.78, 5) is 26.8. The topological polar surface area (TPSA) is 49.4 Å². The molecular formula is C23H22N2O2. The van der Waals surface area contributed by atoms with Crippen LogP contribution in [-0.4, -0.2) is 29.8 Å². The molecule has 3 aromatic rings. The number of nitrogens with one attached hydrogen (secondary N) is 1. The lowest BCUT2D eigenvalue weighted by atomic mass is 10.1. The Morgan fingerprint density at radius 1 is 0.926 bits per heavy atom. The molecule has 1 aliphatic carbocycles. The molecule has 0 aromatic heterocycles. The summed E-state index contributed by atoms with van der Waals surface area (Å²) < 4.78 is 0. The van der Waals surface area contributed by atoms with Crippen molar-refractivity contribution in [2.45, 2.75) is 25.4 Å². The molecule has 136 valence electrons. The van der Waals surface area contributed by atoms with Crippen molar-refractivity contribution in [1.29, 1.82) is 0 Å². The molecule has 1 N–H and O–H groups in total. The monoisotopic (exact) mass is 358 g/mol. The molecule has 2 amide bonds. The molecule has 0 atom stereocenters. The van der Waals surface area contributed by atoms with E-state index in [0.717, 1.165) is 34.7 Å². The molecule has 3 aromatic carbocycles. The van der Waals surface area contributed by atoms with E-state index in [1.165, 1.54) is 0 Å². The van der Waals surface area contributed by atoms with Crippen molar-refractivity contribution in [3.05, 3.63) is 83.4 Å². The largest absolute Gasteiger partial charge is 0.355 e. The molecule has 0 unspecified atom stereocenters. The highest BCUT2D eigenvalue weighted by Gasteiger charge is 2.33. The molecule has 1 aliphatic rings. The van der Waals surface area contributed by atoms with Crippen LogP contribution < -0.4 is 5.32 Å². The van der Waals surface area contributed by atoms with E-state index in [1.807, 2.05) is 53.4 Å². The molecule has 0 aliphatic heterocycles. The summed E-state index contributed by atoms with van der Waals surface area (Å²) in [5.74, 6) is -0.0357. The lowest BCUT2D eigenvalue weighted by Crippen LogP contribution is -2.32. The predicted octanol–water partition coefficient (Wildman–Crippen LogP) is 4.00. The van der Waals surface area contributed by atoms with Gasteiger partial charge in [0.05, 0.1) is 0 Å². The van der Waals surface area contributed by atoms with Gasteiger partial charge in [0.25, 0.3) is 11.8 Å².